The summed E-state index contributed by atoms with van der Waals surface area (Å²) < 4.78 is 14.4. The average Bonchev–Trinajstić information content (AvgIpc) is 2.52. The van der Waals surface area contributed by atoms with Gasteiger partial charge in [-0.25, -0.2) is 0 Å². The molecule has 22 heavy (non-hydrogen) atoms. The maximum Gasteiger partial charge on any atom is 0.146 e. The molecule has 0 bridgehead atoms. The number of benzene rings is 2. The summed E-state index contributed by atoms with van der Waals surface area (Å²) in [5.41, 5.74) is 0.145. The molecule has 0 aliphatic rings. The predicted octanol–water partition coefficient (Wildman–Crippen LogP) is 5.22. The van der Waals surface area contributed by atoms with Crippen LogP contribution in [0.2, 0.25) is 0 Å². The molecule has 0 radical (unpaired) electrons. The van der Waals surface area contributed by atoms with Crippen molar-refractivity contribution in [1.82, 2.24) is 0 Å². The van der Waals surface area contributed by atoms with E-state index in [1.807, 2.05) is 60.7 Å². The first-order chi connectivity index (χ1) is 10.4. The van der Waals surface area contributed by atoms with Crippen LogP contribution in [0.15, 0.2) is 60.7 Å². The van der Waals surface area contributed by atoms with E-state index in [4.69, 9.17) is 0 Å². The van der Waals surface area contributed by atoms with Gasteiger partial charge in [0.1, 0.15) is 7.14 Å². The Morgan fingerprint density at radius 3 is 1.59 bits per heavy atom. The Hall–Kier alpha value is -1.33. The van der Waals surface area contributed by atoms with Crippen LogP contribution in [0.4, 0.5) is 0 Å². The monoisotopic (exact) mass is 314 g/mol. The highest BCUT2D eigenvalue weighted by Gasteiger charge is 2.42. The molecule has 2 aromatic rings. The normalized spacial score (nSPS) is 13.8. The van der Waals surface area contributed by atoms with Crippen LogP contribution < -0.4 is 10.6 Å². The zero-order chi connectivity index (χ0) is 16.2. The lowest BCUT2D eigenvalue weighted by Gasteiger charge is -2.38. The largest absolute Gasteiger partial charge is 0.313 e. The Morgan fingerprint density at radius 1 is 0.864 bits per heavy atom. The van der Waals surface area contributed by atoms with Gasteiger partial charge in [0, 0.05) is 16.3 Å². The van der Waals surface area contributed by atoms with Crippen LogP contribution in [0, 0.1) is 5.41 Å². The highest BCUT2D eigenvalue weighted by Crippen LogP contribution is 2.56. The van der Waals surface area contributed by atoms with Gasteiger partial charge in [0.05, 0.1) is 0 Å². The minimum Gasteiger partial charge on any atom is -0.313 e. The molecule has 1 atom stereocenters. The maximum absolute atomic E-state index is 14.4. The van der Waals surface area contributed by atoms with E-state index in [9.17, 15) is 4.57 Å². The Balaban J connectivity index is 2.68. The van der Waals surface area contributed by atoms with E-state index in [0.717, 1.165) is 23.5 Å². The van der Waals surface area contributed by atoms with Crippen molar-refractivity contribution in [2.45, 2.75) is 46.2 Å². The van der Waals surface area contributed by atoms with Gasteiger partial charge in [-0.3, -0.25) is 0 Å². The van der Waals surface area contributed by atoms with Crippen molar-refractivity contribution in [2.24, 2.45) is 5.41 Å². The molecule has 0 aliphatic carbocycles. The van der Waals surface area contributed by atoms with Crippen LogP contribution in [0.25, 0.3) is 0 Å². The van der Waals surface area contributed by atoms with E-state index in [1.54, 1.807) is 0 Å². The zero-order valence-electron chi connectivity index (χ0n) is 14.1. The van der Waals surface area contributed by atoms with Gasteiger partial charge in [-0.1, -0.05) is 94.8 Å². The van der Waals surface area contributed by atoms with Crippen molar-refractivity contribution >= 4 is 17.8 Å². The molecule has 0 saturated carbocycles. The van der Waals surface area contributed by atoms with Gasteiger partial charge >= 0.3 is 0 Å². The maximum atomic E-state index is 14.4. The van der Waals surface area contributed by atoms with Crippen molar-refractivity contribution in [3.63, 3.8) is 0 Å². The van der Waals surface area contributed by atoms with Crippen LogP contribution in [-0.2, 0) is 4.57 Å². The summed E-state index contributed by atoms with van der Waals surface area (Å²) in [6.45, 7) is 8.82. The second kappa shape index (κ2) is 6.84. The quantitative estimate of drug-likeness (QED) is 0.692. The summed E-state index contributed by atoms with van der Waals surface area (Å²) in [4.78, 5) is 0. The van der Waals surface area contributed by atoms with Crippen molar-refractivity contribution < 1.29 is 4.57 Å². The lowest BCUT2D eigenvalue weighted by molar-refractivity contribution is 0.364. The fourth-order valence-electron chi connectivity index (χ4n) is 3.24. The van der Waals surface area contributed by atoms with E-state index in [0.29, 0.717) is 0 Å². The van der Waals surface area contributed by atoms with E-state index < -0.39 is 7.14 Å². The Kier molecular flexibility index (Phi) is 5.29. The molecule has 2 rings (SSSR count). The third-order valence-corrected chi connectivity index (χ3v) is 8.32. The van der Waals surface area contributed by atoms with Crippen molar-refractivity contribution in [2.75, 3.05) is 0 Å². The first kappa shape index (κ1) is 17.0. The fourth-order valence-corrected chi connectivity index (χ4v) is 7.20. The topological polar surface area (TPSA) is 17.1 Å². The highest BCUT2D eigenvalue weighted by molar-refractivity contribution is 7.79. The number of rotatable bonds is 5. The molecule has 2 aromatic carbocycles. The standard InChI is InChI=1S/C20H27OP/c1-5-12-19(20(2,3)4)22(21,17-13-8-6-9-14-17)18-15-10-7-11-16-18/h6-11,13-16,19H,5,12H2,1-4H3. The van der Waals surface area contributed by atoms with Gasteiger partial charge in [0.25, 0.3) is 0 Å². The minimum absolute atomic E-state index is 0.00276. The SMILES string of the molecule is CCCC(C(C)(C)C)P(=O)(c1ccccc1)c1ccccc1. The number of hydrogen-bond acceptors (Lipinski definition) is 1. The van der Waals surface area contributed by atoms with Gasteiger partial charge in [-0.15, -0.1) is 0 Å². The molecule has 0 heterocycles. The summed E-state index contributed by atoms with van der Waals surface area (Å²) >= 11 is 0. The zero-order valence-corrected chi connectivity index (χ0v) is 15.0. The third kappa shape index (κ3) is 3.36. The van der Waals surface area contributed by atoms with Gasteiger partial charge in [0.15, 0.2) is 0 Å². The molecule has 0 aromatic heterocycles. The summed E-state index contributed by atoms with van der Waals surface area (Å²) in [5.74, 6) is 0. The van der Waals surface area contributed by atoms with Crippen molar-refractivity contribution in [3.8, 4) is 0 Å². The first-order valence-electron chi connectivity index (χ1n) is 8.11. The molecule has 0 saturated heterocycles. The van der Waals surface area contributed by atoms with E-state index in [1.165, 1.54) is 0 Å². The third-order valence-electron chi connectivity index (χ3n) is 4.28. The second-order valence-electron chi connectivity index (χ2n) is 7.00. The molecular weight excluding hydrogens is 287 g/mol. The molecule has 1 nitrogen and oxygen atoms in total. The fraction of sp³-hybridized carbons (Fsp3) is 0.400. The van der Waals surface area contributed by atoms with Crippen LogP contribution in [0.1, 0.15) is 40.5 Å². The van der Waals surface area contributed by atoms with Gasteiger partial charge in [-0.2, -0.15) is 0 Å². The lowest BCUT2D eigenvalue weighted by Crippen LogP contribution is -2.35. The van der Waals surface area contributed by atoms with Crippen LogP contribution in [0.5, 0.6) is 0 Å². The molecule has 1 unspecified atom stereocenters. The summed E-state index contributed by atoms with van der Waals surface area (Å²) in [6, 6.07) is 20.1. The molecular formula is C20H27OP. The van der Waals surface area contributed by atoms with Gasteiger partial charge < -0.3 is 4.57 Å². The average molecular weight is 314 g/mol. The highest BCUT2D eigenvalue weighted by atomic mass is 31.2. The first-order valence-corrected chi connectivity index (χ1v) is 9.89. The smallest absolute Gasteiger partial charge is 0.146 e. The van der Waals surface area contributed by atoms with Crippen molar-refractivity contribution in [1.29, 1.82) is 0 Å². The van der Waals surface area contributed by atoms with Crippen molar-refractivity contribution in [3.05, 3.63) is 60.7 Å². The summed E-state index contributed by atoms with van der Waals surface area (Å²) in [5, 5.41) is 1.96. The summed E-state index contributed by atoms with van der Waals surface area (Å²) in [6.07, 6.45) is 2.02. The van der Waals surface area contributed by atoms with Crippen LogP contribution in [0.3, 0.4) is 0 Å². The molecule has 2 heteroatoms. The Bertz CT molecular complexity index is 582. The van der Waals surface area contributed by atoms with Gasteiger partial charge in [0.2, 0.25) is 0 Å². The van der Waals surface area contributed by atoms with Crippen LogP contribution in [-0.4, -0.2) is 5.66 Å². The molecule has 0 aliphatic heterocycles. The second-order valence-corrected chi connectivity index (χ2v) is 9.97. The molecule has 0 amide bonds. The molecule has 0 spiro atoms. The molecule has 118 valence electrons. The molecule has 0 N–H and O–H groups in total. The van der Waals surface area contributed by atoms with Crippen LogP contribution >= 0.6 is 7.14 Å². The van der Waals surface area contributed by atoms with E-state index in [-0.39, 0.29) is 11.1 Å². The van der Waals surface area contributed by atoms with Gasteiger partial charge in [-0.05, 0) is 11.8 Å². The number of hydrogen-bond donors (Lipinski definition) is 0. The Labute approximate surface area is 135 Å². The van der Waals surface area contributed by atoms with E-state index >= 15 is 0 Å². The molecule has 0 fully saturated rings. The predicted molar refractivity (Wildman–Crippen MR) is 97.9 cm³/mol. The Morgan fingerprint density at radius 2 is 1.27 bits per heavy atom. The minimum atomic E-state index is -2.67. The summed E-state index contributed by atoms with van der Waals surface area (Å²) in [7, 11) is -2.67. The van der Waals surface area contributed by atoms with E-state index in [2.05, 4.69) is 27.7 Å². The lowest BCUT2D eigenvalue weighted by atomic mass is 9.89.